The van der Waals surface area contributed by atoms with E-state index in [1.54, 1.807) is 0 Å². The summed E-state index contributed by atoms with van der Waals surface area (Å²) in [6.07, 6.45) is 43.1. The topological polar surface area (TPSA) is 237 Å². The molecule has 0 aromatic rings. The lowest BCUT2D eigenvalue weighted by Crippen LogP contribution is -2.30. The molecule has 0 aliphatic rings. The molecule has 19 heteroatoms. The molecule has 90 heavy (non-hydrogen) atoms. The van der Waals surface area contributed by atoms with Crippen molar-refractivity contribution in [3.8, 4) is 0 Å². The third-order valence-corrected chi connectivity index (χ3v) is 18.2. The van der Waals surface area contributed by atoms with Crippen molar-refractivity contribution in [3.05, 3.63) is 0 Å². The molecule has 17 nitrogen and oxygen atoms in total. The summed E-state index contributed by atoms with van der Waals surface area (Å²) < 4.78 is 68.3. The summed E-state index contributed by atoms with van der Waals surface area (Å²) in [7, 11) is -9.90. The van der Waals surface area contributed by atoms with Crippen molar-refractivity contribution in [3.63, 3.8) is 0 Å². The molecular weight excluding hydrogens is 1190 g/mol. The molecule has 0 spiro atoms. The molecule has 0 saturated heterocycles. The van der Waals surface area contributed by atoms with Crippen LogP contribution < -0.4 is 0 Å². The van der Waals surface area contributed by atoms with Gasteiger partial charge in [-0.2, -0.15) is 0 Å². The van der Waals surface area contributed by atoms with Gasteiger partial charge in [0.1, 0.15) is 19.3 Å². The Balaban J connectivity index is 5.25. The molecule has 0 aromatic heterocycles. The van der Waals surface area contributed by atoms with Gasteiger partial charge in [-0.3, -0.25) is 37.3 Å². The SMILES string of the molecule is CC(C)CCCCCCCCCCCCCCC(=O)O[C@H](COC(=O)CCCCCCCCCC(C)C)COP(=O)(O)OCC(O)COP(=O)(O)OC[C@@H](COC(=O)CCCCCCCCCCCCC(C)C)OC(=O)CCCCCCCCCCCC(C)C. The van der Waals surface area contributed by atoms with Crippen molar-refractivity contribution in [2.75, 3.05) is 39.6 Å². The monoisotopic (exact) mass is 1320 g/mol. The van der Waals surface area contributed by atoms with Gasteiger partial charge in [0.15, 0.2) is 12.2 Å². The molecule has 3 N–H and O–H groups in total. The fraction of sp³-hybridized carbons (Fsp3) is 0.944. The van der Waals surface area contributed by atoms with Crippen LogP contribution in [0.15, 0.2) is 0 Å². The van der Waals surface area contributed by atoms with Crippen LogP contribution in [0, 0.1) is 23.7 Å². The minimum absolute atomic E-state index is 0.104. The number of aliphatic hydroxyl groups excluding tert-OH is 1. The molecule has 0 fully saturated rings. The van der Waals surface area contributed by atoms with E-state index in [4.69, 9.17) is 37.0 Å². The van der Waals surface area contributed by atoms with Crippen molar-refractivity contribution in [1.82, 2.24) is 0 Å². The number of hydrogen-bond donors (Lipinski definition) is 3. The molecule has 0 bridgehead atoms. The van der Waals surface area contributed by atoms with Gasteiger partial charge in [0.2, 0.25) is 0 Å². The van der Waals surface area contributed by atoms with Gasteiger partial charge < -0.3 is 33.8 Å². The largest absolute Gasteiger partial charge is 0.472 e. The molecular formula is C71H138O17P2. The third kappa shape index (κ3) is 64.8. The summed E-state index contributed by atoms with van der Waals surface area (Å²) in [5.74, 6) is 0.848. The van der Waals surface area contributed by atoms with E-state index >= 15 is 0 Å². The van der Waals surface area contributed by atoms with Gasteiger partial charge in [0, 0.05) is 25.7 Å². The van der Waals surface area contributed by atoms with Crippen LogP contribution in [-0.2, 0) is 65.4 Å². The molecule has 0 radical (unpaired) electrons. The summed E-state index contributed by atoms with van der Waals surface area (Å²) >= 11 is 0. The predicted octanol–water partition coefficient (Wildman–Crippen LogP) is 20.1. The van der Waals surface area contributed by atoms with E-state index in [1.165, 1.54) is 148 Å². The van der Waals surface area contributed by atoms with Crippen LogP contribution in [-0.4, -0.2) is 96.7 Å². The smallest absolute Gasteiger partial charge is 0.462 e. The molecule has 534 valence electrons. The number of hydrogen-bond acceptors (Lipinski definition) is 15. The third-order valence-electron chi connectivity index (χ3n) is 16.3. The highest BCUT2D eigenvalue weighted by atomic mass is 31.2. The maximum Gasteiger partial charge on any atom is 0.472 e. The Kier molecular flexibility index (Phi) is 59.4. The van der Waals surface area contributed by atoms with Gasteiger partial charge in [0.05, 0.1) is 26.4 Å². The zero-order valence-corrected chi connectivity index (χ0v) is 60.6. The average Bonchev–Trinajstić information content (AvgIpc) is 3.58. The van der Waals surface area contributed by atoms with Gasteiger partial charge in [0.25, 0.3) is 0 Å². The van der Waals surface area contributed by atoms with E-state index in [0.29, 0.717) is 31.6 Å². The second-order valence-electron chi connectivity index (χ2n) is 27.5. The van der Waals surface area contributed by atoms with Gasteiger partial charge in [-0.25, -0.2) is 9.13 Å². The molecule has 3 unspecified atom stereocenters. The molecule has 0 amide bonds. The van der Waals surface area contributed by atoms with Gasteiger partial charge >= 0.3 is 39.5 Å². The van der Waals surface area contributed by atoms with Crippen LogP contribution in [0.25, 0.3) is 0 Å². The van der Waals surface area contributed by atoms with Crippen molar-refractivity contribution >= 4 is 39.5 Å². The lowest BCUT2D eigenvalue weighted by molar-refractivity contribution is -0.161. The standard InChI is InChI=1S/C71H138O17P2/c1-61(2)47-39-31-23-16-11-9-10-12-20-28-37-45-53-70(75)87-67(58-82-69(74)52-44-36-30-22-26-34-42-50-64(7)8)60-86-90(79,80)84-56-65(72)55-83-89(77,78)85-59-66(88-71(76)54-46-38-29-21-15-18-25-33-41-49-63(5)6)57-81-68(73)51-43-35-27-19-14-13-17-24-32-40-48-62(3)4/h61-67,72H,9-60H2,1-8H3,(H,77,78)(H,79,80)/t65?,66-,67-/m1/s1. The Morgan fingerprint density at radius 2 is 0.467 bits per heavy atom. The Morgan fingerprint density at radius 3 is 0.689 bits per heavy atom. The Hall–Kier alpha value is -1.94. The molecule has 5 atom stereocenters. The number of phosphoric acid groups is 2. The molecule has 0 aliphatic carbocycles. The first kappa shape index (κ1) is 88.1. The highest BCUT2D eigenvalue weighted by Gasteiger charge is 2.30. The lowest BCUT2D eigenvalue weighted by Gasteiger charge is -2.21. The maximum absolute atomic E-state index is 13.0. The quantitative estimate of drug-likeness (QED) is 0.0222. The number of unbranched alkanes of at least 4 members (excludes halogenated alkanes) is 34. The number of aliphatic hydroxyl groups is 1. The van der Waals surface area contributed by atoms with E-state index in [1.807, 2.05) is 0 Å². The first-order valence-corrected chi connectivity index (χ1v) is 39.7. The fourth-order valence-corrected chi connectivity index (χ4v) is 12.2. The van der Waals surface area contributed by atoms with Gasteiger partial charge in [-0.05, 0) is 49.4 Å². The number of rotatable bonds is 68. The van der Waals surface area contributed by atoms with Crippen molar-refractivity contribution in [1.29, 1.82) is 0 Å². The lowest BCUT2D eigenvalue weighted by atomic mass is 10.0. The van der Waals surface area contributed by atoms with Crippen molar-refractivity contribution in [2.45, 2.75) is 369 Å². The molecule has 0 heterocycles. The second-order valence-corrected chi connectivity index (χ2v) is 30.4. The van der Waals surface area contributed by atoms with E-state index in [2.05, 4.69) is 55.4 Å². The number of carbonyl (C=O) groups excluding carboxylic acids is 4. The van der Waals surface area contributed by atoms with Crippen molar-refractivity contribution < 1.29 is 80.2 Å². The summed E-state index contributed by atoms with van der Waals surface area (Å²) in [5.41, 5.74) is 0. The highest BCUT2D eigenvalue weighted by Crippen LogP contribution is 2.45. The number of ether oxygens (including phenoxy) is 4. The van der Waals surface area contributed by atoms with E-state index < -0.39 is 97.5 Å². The summed E-state index contributed by atoms with van der Waals surface area (Å²) in [6.45, 7) is 14.1. The van der Waals surface area contributed by atoms with Crippen LogP contribution in [0.4, 0.5) is 0 Å². The van der Waals surface area contributed by atoms with Gasteiger partial charge in [-0.15, -0.1) is 0 Å². The van der Waals surface area contributed by atoms with Crippen LogP contribution >= 0.6 is 15.6 Å². The number of carbonyl (C=O) groups is 4. The Labute approximate surface area is 549 Å². The first-order valence-electron chi connectivity index (χ1n) is 36.7. The number of phosphoric ester groups is 2. The Bertz CT molecular complexity index is 1780. The fourth-order valence-electron chi connectivity index (χ4n) is 10.7. The van der Waals surface area contributed by atoms with Crippen LogP contribution in [0.5, 0.6) is 0 Å². The molecule has 0 rings (SSSR count). The summed E-state index contributed by atoms with van der Waals surface area (Å²) in [6, 6.07) is 0. The van der Waals surface area contributed by atoms with E-state index in [9.17, 15) is 43.2 Å². The van der Waals surface area contributed by atoms with Gasteiger partial charge in [-0.1, -0.05) is 299 Å². The molecule has 0 aromatic carbocycles. The van der Waals surface area contributed by atoms with E-state index in [-0.39, 0.29) is 25.7 Å². The normalized spacial score (nSPS) is 14.3. The zero-order valence-electron chi connectivity index (χ0n) is 58.8. The molecule has 0 saturated carbocycles. The average molecular weight is 1330 g/mol. The maximum atomic E-state index is 13.0. The first-order chi connectivity index (χ1) is 43.1. The van der Waals surface area contributed by atoms with Crippen LogP contribution in [0.3, 0.4) is 0 Å². The van der Waals surface area contributed by atoms with Crippen LogP contribution in [0.1, 0.15) is 351 Å². The summed E-state index contributed by atoms with van der Waals surface area (Å²) in [4.78, 5) is 72.6. The summed E-state index contributed by atoms with van der Waals surface area (Å²) in [5, 5.41) is 10.6. The second kappa shape index (κ2) is 60.7. The zero-order chi connectivity index (χ0) is 66.8. The minimum atomic E-state index is -4.95. The predicted molar refractivity (Wildman–Crippen MR) is 363 cm³/mol. The van der Waals surface area contributed by atoms with Crippen molar-refractivity contribution in [2.24, 2.45) is 23.7 Å². The van der Waals surface area contributed by atoms with Crippen LogP contribution in [0.2, 0.25) is 0 Å². The highest BCUT2D eigenvalue weighted by molar-refractivity contribution is 7.47. The number of esters is 4. The minimum Gasteiger partial charge on any atom is -0.462 e. The Morgan fingerprint density at radius 1 is 0.278 bits per heavy atom. The molecule has 0 aliphatic heterocycles. The van der Waals surface area contributed by atoms with E-state index in [0.717, 1.165) is 114 Å².